The monoisotopic (exact) mass is 304 g/mol. The average Bonchev–Trinajstić information content (AvgIpc) is 3.09. The Balaban J connectivity index is 2.00. The number of furan rings is 1. The standard InChI is InChI=1S/C22H24O/c1-3-17(2)21-13-7-11-19(16-20-12-8-14-23-20)22(21)15-18-9-5-4-6-10-18/h4-14,17H,3,15-16H2,1-2H3. The summed E-state index contributed by atoms with van der Waals surface area (Å²) in [5.74, 6) is 1.60. The number of hydrogen-bond acceptors (Lipinski definition) is 1. The largest absolute Gasteiger partial charge is 0.469 e. The molecule has 23 heavy (non-hydrogen) atoms. The SMILES string of the molecule is CCC(C)c1cccc(Cc2ccco2)c1Cc1ccccc1. The molecule has 1 unspecified atom stereocenters. The summed E-state index contributed by atoms with van der Waals surface area (Å²) < 4.78 is 5.57. The smallest absolute Gasteiger partial charge is 0.108 e. The van der Waals surface area contributed by atoms with Gasteiger partial charge in [-0.3, -0.25) is 0 Å². The van der Waals surface area contributed by atoms with Crippen LogP contribution in [0.5, 0.6) is 0 Å². The highest BCUT2D eigenvalue weighted by Gasteiger charge is 2.14. The molecule has 3 rings (SSSR count). The molecule has 1 nitrogen and oxygen atoms in total. The molecule has 0 fully saturated rings. The van der Waals surface area contributed by atoms with Crippen LogP contribution in [0.2, 0.25) is 0 Å². The van der Waals surface area contributed by atoms with Crippen molar-refractivity contribution in [3.05, 3.63) is 94.9 Å². The van der Waals surface area contributed by atoms with Crippen LogP contribution in [0.25, 0.3) is 0 Å². The molecular formula is C22H24O. The molecule has 3 aromatic rings. The highest BCUT2D eigenvalue weighted by atomic mass is 16.3. The minimum absolute atomic E-state index is 0.574. The van der Waals surface area contributed by atoms with Gasteiger partial charge < -0.3 is 4.42 Å². The first kappa shape index (κ1) is 15.6. The van der Waals surface area contributed by atoms with E-state index in [1.54, 1.807) is 6.26 Å². The first-order chi connectivity index (χ1) is 11.3. The number of hydrogen-bond donors (Lipinski definition) is 0. The molecule has 0 spiro atoms. The van der Waals surface area contributed by atoms with E-state index in [1.807, 2.05) is 6.07 Å². The van der Waals surface area contributed by atoms with E-state index in [1.165, 1.54) is 22.3 Å². The van der Waals surface area contributed by atoms with Gasteiger partial charge in [-0.1, -0.05) is 62.4 Å². The van der Waals surface area contributed by atoms with E-state index >= 15 is 0 Å². The van der Waals surface area contributed by atoms with Crippen molar-refractivity contribution in [3.63, 3.8) is 0 Å². The maximum absolute atomic E-state index is 5.57. The van der Waals surface area contributed by atoms with E-state index < -0.39 is 0 Å². The Morgan fingerprint density at radius 2 is 1.70 bits per heavy atom. The Kier molecular flexibility index (Phi) is 4.97. The van der Waals surface area contributed by atoms with E-state index in [2.05, 4.69) is 68.4 Å². The van der Waals surface area contributed by atoms with Crippen molar-refractivity contribution in [2.24, 2.45) is 0 Å². The molecule has 1 heterocycles. The first-order valence-corrected chi connectivity index (χ1v) is 8.45. The molecule has 1 aromatic heterocycles. The molecule has 118 valence electrons. The molecule has 1 heteroatoms. The summed E-state index contributed by atoms with van der Waals surface area (Å²) in [6, 6.07) is 21.5. The molecule has 0 N–H and O–H groups in total. The zero-order chi connectivity index (χ0) is 16.1. The van der Waals surface area contributed by atoms with Gasteiger partial charge in [0, 0.05) is 6.42 Å². The third kappa shape index (κ3) is 3.73. The Morgan fingerprint density at radius 3 is 2.39 bits per heavy atom. The lowest BCUT2D eigenvalue weighted by molar-refractivity contribution is 0.520. The molecule has 0 aliphatic carbocycles. The number of benzene rings is 2. The fourth-order valence-corrected chi connectivity index (χ4v) is 3.12. The molecule has 1 atom stereocenters. The van der Waals surface area contributed by atoms with Crippen LogP contribution in [-0.2, 0) is 12.8 Å². The predicted octanol–water partition coefficient (Wildman–Crippen LogP) is 5.97. The summed E-state index contributed by atoms with van der Waals surface area (Å²) >= 11 is 0. The summed E-state index contributed by atoms with van der Waals surface area (Å²) in [7, 11) is 0. The van der Waals surface area contributed by atoms with Crippen molar-refractivity contribution in [1.29, 1.82) is 0 Å². The van der Waals surface area contributed by atoms with Gasteiger partial charge in [0.25, 0.3) is 0 Å². The molecule has 0 amide bonds. The van der Waals surface area contributed by atoms with Crippen LogP contribution in [0.15, 0.2) is 71.3 Å². The van der Waals surface area contributed by atoms with Crippen molar-refractivity contribution in [1.82, 2.24) is 0 Å². The zero-order valence-corrected chi connectivity index (χ0v) is 14.0. The highest BCUT2D eigenvalue weighted by Crippen LogP contribution is 2.29. The van der Waals surface area contributed by atoms with Crippen molar-refractivity contribution >= 4 is 0 Å². The third-order valence-electron chi connectivity index (χ3n) is 4.62. The molecule has 0 radical (unpaired) electrons. The van der Waals surface area contributed by atoms with Gasteiger partial charge >= 0.3 is 0 Å². The minimum Gasteiger partial charge on any atom is -0.469 e. The van der Waals surface area contributed by atoms with E-state index in [0.29, 0.717) is 5.92 Å². The van der Waals surface area contributed by atoms with Crippen LogP contribution in [0.4, 0.5) is 0 Å². The minimum atomic E-state index is 0.574. The predicted molar refractivity (Wildman–Crippen MR) is 95.9 cm³/mol. The second-order valence-electron chi connectivity index (χ2n) is 6.21. The van der Waals surface area contributed by atoms with Gasteiger partial charge in [0.2, 0.25) is 0 Å². The highest BCUT2D eigenvalue weighted by molar-refractivity contribution is 5.42. The van der Waals surface area contributed by atoms with Crippen LogP contribution in [-0.4, -0.2) is 0 Å². The Labute approximate surface area is 139 Å². The van der Waals surface area contributed by atoms with Crippen LogP contribution >= 0.6 is 0 Å². The molecule has 0 saturated carbocycles. The number of rotatable bonds is 6. The average molecular weight is 304 g/mol. The summed E-state index contributed by atoms with van der Waals surface area (Å²) in [6.45, 7) is 4.58. The Morgan fingerprint density at radius 1 is 0.870 bits per heavy atom. The fourth-order valence-electron chi connectivity index (χ4n) is 3.12. The molecule has 0 bridgehead atoms. The zero-order valence-electron chi connectivity index (χ0n) is 14.0. The molecule has 0 aliphatic heterocycles. The van der Waals surface area contributed by atoms with E-state index in [0.717, 1.165) is 25.0 Å². The van der Waals surface area contributed by atoms with Crippen molar-refractivity contribution in [2.45, 2.75) is 39.0 Å². The van der Waals surface area contributed by atoms with Gasteiger partial charge in [-0.25, -0.2) is 0 Å². The van der Waals surface area contributed by atoms with Crippen LogP contribution in [0.1, 0.15) is 54.2 Å². The van der Waals surface area contributed by atoms with Gasteiger partial charge in [-0.2, -0.15) is 0 Å². The van der Waals surface area contributed by atoms with Crippen LogP contribution < -0.4 is 0 Å². The quantitative estimate of drug-likeness (QED) is 0.546. The summed E-state index contributed by atoms with van der Waals surface area (Å²) in [4.78, 5) is 0. The normalized spacial score (nSPS) is 12.3. The third-order valence-corrected chi connectivity index (χ3v) is 4.62. The fraction of sp³-hybridized carbons (Fsp3) is 0.273. The van der Waals surface area contributed by atoms with E-state index in [9.17, 15) is 0 Å². The first-order valence-electron chi connectivity index (χ1n) is 8.45. The van der Waals surface area contributed by atoms with Crippen LogP contribution in [0.3, 0.4) is 0 Å². The van der Waals surface area contributed by atoms with Crippen molar-refractivity contribution in [2.75, 3.05) is 0 Å². The Hall–Kier alpha value is -2.28. The lowest BCUT2D eigenvalue weighted by Crippen LogP contribution is -2.04. The van der Waals surface area contributed by atoms with Crippen LogP contribution in [0, 0.1) is 0 Å². The summed E-state index contributed by atoms with van der Waals surface area (Å²) in [5.41, 5.74) is 5.68. The van der Waals surface area contributed by atoms with E-state index in [4.69, 9.17) is 4.42 Å². The topological polar surface area (TPSA) is 13.1 Å². The summed E-state index contributed by atoms with van der Waals surface area (Å²) in [5, 5.41) is 0. The van der Waals surface area contributed by atoms with Gasteiger partial charge in [0.05, 0.1) is 6.26 Å². The molecule has 2 aromatic carbocycles. The van der Waals surface area contributed by atoms with Gasteiger partial charge in [0.1, 0.15) is 5.76 Å². The lowest BCUT2D eigenvalue weighted by Gasteiger charge is -2.19. The lowest BCUT2D eigenvalue weighted by atomic mass is 9.86. The molecule has 0 saturated heterocycles. The maximum atomic E-state index is 5.57. The molecular weight excluding hydrogens is 280 g/mol. The second kappa shape index (κ2) is 7.32. The van der Waals surface area contributed by atoms with Gasteiger partial charge in [-0.05, 0) is 53.1 Å². The van der Waals surface area contributed by atoms with Gasteiger partial charge in [0.15, 0.2) is 0 Å². The van der Waals surface area contributed by atoms with E-state index in [-0.39, 0.29) is 0 Å². The Bertz CT molecular complexity index is 726. The molecule has 0 aliphatic rings. The second-order valence-corrected chi connectivity index (χ2v) is 6.21. The summed E-state index contributed by atoms with van der Waals surface area (Å²) in [6.07, 6.45) is 4.76. The van der Waals surface area contributed by atoms with Crippen molar-refractivity contribution < 1.29 is 4.42 Å². The maximum Gasteiger partial charge on any atom is 0.108 e. The van der Waals surface area contributed by atoms with Crippen molar-refractivity contribution in [3.8, 4) is 0 Å². The van der Waals surface area contributed by atoms with Gasteiger partial charge in [-0.15, -0.1) is 0 Å².